The minimum Gasteiger partial charge on any atom is -0.411 e. The fourth-order valence-corrected chi connectivity index (χ4v) is 3.96. The molecule has 2 fully saturated rings. The number of carbonyl (C=O) groups is 1. The Morgan fingerprint density at radius 1 is 1.24 bits per heavy atom. The van der Waals surface area contributed by atoms with Crippen LogP contribution in [-0.2, 0) is 4.79 Å². The van der Waals surface area contributed by atoms with E-state index in [1.165, 1.54) is 19.3 Å². The van der Waals surface area contributed by atoms with Crippen LogP contribution in [0.4, 0.5) is 0 Å². The summed E-state index contributed by atoms with van der Waals surface area (Å²) >= 11 is 0. The van der Waals surface area contributed by atoms with Crippen LogP contribution < -0.4 is 10.6 Å². The molecule has 2 aliphatic rings. The summed E-state index contributed by atoms with van der Waals surface area (Å²) in [7, 11) is 0. The fourth-order valence-electron chi connectivity index (χ4n) is 3.96. The molecule has 1 heterocycles. The molecule has 1 unspecified atom stereocenters. The molecule has 1 saturated carbocycles. The van der Waals surface area contributed by atoms with E-state index in [9.17, 15) is 10.0 Å². The fraction of sp³-hybridized carbons (Fsp3) is 0.875. The lowest BCUT2D eigenvalue weighted by Gasteiger charge is -2.46. The molecule has 21 heavy (non-hydrogen) atoms. The summed E-state index contributed by atoms with van der Waals surface area (Å²) in [4.78, 5) is 12.7. The van der Waals surface area contributed by atoms with Crippen LogP contribution in [0.2, 0.25) is 0 Å². The topological polar surface area (TPSA) is 73.7 Å². The number of hydrogen-bond donors (Lipinski definition) is 3. The van der Waals surface area contributed by atoms with E-state index in [1.807, 2.05) is 13.8 Å². The quantitative estimate of drug-likeness (QED) is 0.541. The van der Waals surface area contributed by atoms with E-state index >= 15 is 0 Å². The van der Waals surface area contributed by atoms with Crippen molar-refractivity contribution in [3.63, 3.8) is 0 Å². The van der Waals surface area contributed by atoms with E-state index in [0.29, 0.717) is 12.1 Å². The van der Waals surface area contributed by atoms with Crippen LogP contribution in [-0.4, -0.2) is 33.9 Å². The molecule has 0 radical (unpaired) electrons. The van der Waals surface area contributed by atoms with Crippen molar-refractivity contribution in [3.8, 4) is 0 Å². The molecule has 120 valence electrons. The number of piperidine rings is 1. The third kappa shape index (κ3) is 3.76. The van der Waals surface area contributed by atoms with Crippen molar-refractivity contribution in [3.05, 3.63) is 0 Å². The second-order valence-corrected chi connectivity index (χ2v) is 7.72. The molecule has 1 aliphatic carbocycles. The van der Waals surface area contributed by atoms with Gasteiger partial charge in [-0.05, 0) is 47.0 Å². The van der Waals surface area contributed by atoms with Gasteiger partial charge in [0.15, 0.2) is 0 Å². The average Bonchev–Trinajstić information content (AvgIpc) is 2.36. The van der Waals surface area contributed by atoms with Gasteiger partial charge in [0.05, 0.1) is 17.2 Å². The summed E-state index contributed by atoms with van der Waals surface area (Å²) in [6.45, 7) is 8.10. The second kappa shape index (κ2) is 5.95. The zero-order valence-corrected chi connectivity index (χ0v) is 13.7. The highest BCUT2D eigenvalue weighted by Crippen LogP contribution is 2.31. The van der Waals surface area contributed by atoms with Crippen LogP contribution in [0.1, 0.15) is 66.2 Å². The Kier molecular flexibility index (Phi) is 4.61. The molecule has 3 N–H and O–H groups in total. The maximum absolute atomic E-state index is 12.7. The first kappa shape index (κ1) is 16.3. The van der Waals surface area contributed by atoms with Crippen LogP contribution >= 0.6 is 0 Å². The summed E-state index contributed by atoms with van der Waals surface area (Å²) in [5.74, 6) is -0.347. The standard InChI is InChI=1S/C16H29N3O2/c1-15(2)10-12(13(18-21)16(3,4)19-15)14(20)17-11-8-6-5-7-9-11/h11-12,19,21H,5-10H2,1-4H3,(H,17,20)/b18-13-. The third-order valence-corrected chi connectivity index (χ3v) is 4.71. The molecule has 0 aromatic carbocycles. The molecule has 0 aromatic rings. The zero-order valence-electron chi connectivity index (χ0n) is 13.7. The summed E-state index contributed by atoms with van der Waals surface area (Å²) in [6, 6.07) is 0.285. The van der Waals surface area contributed by atoms with Crippen molar-refractivity contribution < 1.29 is 10.0 Å². The van der Waals surface area contributed by atoms with Crippen LogP contribution in [0, 0.1) is 5.92 Å². The Morgan fingerprint density at radius 3 is 2.43 bits per heavy atom. The van der Waals surface area contributed by atoms with Gasteiger partial charge in [-0.1, -0.05) is 24.4 Å². The van der Waals surface area contributed by atoms with Crippen molar-refractivity contribution in [1.82, 2.24) is 10.6 Å². The highest BCUT2D eigenvalue weighted by Gasteiger charge is 2.46. The van der Waals surface area contributed by atoms with Gasteiger partial charge in [-0.15, -0.1) is 0 Å². The lowest BCUT2D eigenvalue weighted by molar-refractivity contribution is -0.125. The minimum atomic E-state index is -0.481. The van der Waals surface area contributed by atoms with Gasteiger partial charge in [-0.3, -0.25) is 4.79 Å². The van der Waals surface area contributed by atoms with E-state index in [4.69, 9.17) is 0 Å². The van der Waals surface area contributed by atoms with Crippen molar-refractivity contribution in [2.75, 3.05) is 0 Å². The summed E-state index contributed by atoms with van der Waals surface area (Å²) in [5, 5.41) is 19.5. The maximum atomic E-state index is 12.7. The van der Waals surface area contributed by atoms with Gasteiger partial charge >= 0.3 is 0 Å². The van der Waals surface area contributed by atoms with Crippen LogP contribution in [0.5, 0.6) is 0 Å². The molecule has 1 saturated heterocycles. The molecule has 0 aromatic heterocycles. The highest BCUT2D eigenvalue weighted by atomic mass is 16.4. The van der Waals surface area contributed by atoms with Gasteiger partial charge in [-0.25, -0.2) is 0 Å². The molecule has 5 heteroatoms. The van der Waals surface area contributed by atoms with Gasteiger partial charge in [0.25, 0.3) is 0 Å². The predicted molar refractivity (Wildman–Crippen MR) is 83.6 cm³/mol. The molecule has 0 spiro atoms. The first-order chi connectivity index (χ1) is 9.75. The summed E-state index contributed by atoms with van der Waals surface area (Å²) in [6.07, 6.45) is 6.42. The van der Waals surface area contributed by atoms with Gasteiger partial charge < -0.3 is 15.8 Å². The Bertz CT molecular complexity index is 423. The van der Waals surface area contributed by atoms with Crippen LogP contribution in [0.15, 0.2) is 5.16 Å². The van der Waals surface area contributed by atoms with Gasteiger partial charge in [0, 0.05) is 11.6 Å². The van der Waals surface area contributed by atoms with Crippen molar-refractivity contribution in [2.24, 2.45) is 11.1 Å². The third-order valence-electron chi connectivity index (χ3n) is 4.71. The van der Waals surface area contributed by atoms with Gasteiger partial charge in [-0.2, -0.15) is 0 Å². The molecule has 5 nitrogen and oxygen atoms in total. The Labute approximate surface area is 127 Å². The number of nitrogens with one attached hydrogen (secondary N) is 2. The molecule has 1 aliphatic heterocycles. The Hall–Kier alpha value is -1.10. The molecular formula is C16H29N3O2. The summed E-state index contributed by atoms with van der Waals surface area (Å²) in [5.41, 5.74) is -0.104. The van der Waals surface area contributed by atoms with E-state index in [-0.39, 0.29) is 23.4 Å². The number of amides is 1. The molecule has 1 atom stereocenters. The molecule has 2 rings (SSSR count). The monoisotopic (exact) mass is 295 g/mol. The second-order valence-electron chi connectivity index (χ2n) is 7.72. The highest BCUT2D eigenvalue weighted by molar-refractivity contribution is 6.09. The van der Waals surface area contributed by atoms with E-state index in [0.717, 1.165) is 12.8 Å². The largest absolute Gasteiger partial charge is 0.411 e. The van der Waals surface area contributed by atoms with Crippen molar-refractivity contribution in [2.45, 2.75) is 83.3 Å². The van der Waals surface area contributed by atoms with E-state index in [2.05, 4.69) is 29.6 Å². The lowest BCUT2D eigenvalue weighted by atomic mass is 9.73. The molecule has 0 bridgehead atoms. The normalized spacial score (nSPS) is 31.0. The molecule has 1 amide bonds. The first-order valence-electron chi connectivity index (χ1n) is 8.07. The van der Waals surface area contributed by atoms with Crippen molar-refractivity contribution >= 4 is 11.6 Å². The van der Waals surface area contributed by atoms with Gasteiger partial charge in [0.2, 0.25) is 5.91 Å². The number of oxime groups is 1. The number of nitrogens with zero attached hydrogens (tertiary/aromatic N) is 1. The lowest BCUT2D eigenvalue weighted by Crippen LogP contribution is -2.65. The van der Waals surface area contributed by atoms with Gasteiger partial charge in [0.1, 0.15) is 0 Å². The van der Waals surface area contributed by atoms with Crippen LogP contribution in [0.3, 0.4) is 0 Å². The number of rotatable bonds is 2. The Morgan fingerprint density at radius 2 is 1.86 bits per heavy atom. The minimum absolute atomic E-state index is 0.0114. The zero-order chi connectivity index (χ0) is 15.7. The molecular weight excluding hydrogens is 266 g/mol. The summed E-state index contributed by atoms with van der Waals surface area (Å²) < 4.78 is 0. The van der Waals surface area contributed by atoms with E-state index < -0.39 is 5.54 Å². The smallest absolute Gasteiger partial charge is 0.229 e. The van der Waals surface area contributed by atoms with Crippen LogP contribution in [0.25, 0.3) is 0 Å². The first-order valence-corrected chi connectivity index (χ1v) is 8.07. The number of hydrogen-bond acceptors (Lipinski definition) is 4. The maximum Gasteiger partial charge on any atom is 0.229 e. The SMILES string of the molecule is CC1(C)CC(C(=O)NC2CCCCC2)/C(=N/O)C(C)(C)N1. The van der Waals surface area contributed by atoms with Crippen molar-refractivity contribution in [1.29, 1.82) is 0 Å². The average molecular weight is 295 g/mol. The number of carbonyl (C=O) groups excluding carboxylic acids is 1. The van der Waals surface area contributed by atoms with E-state index in [1.54, 1.807) is 0 Å². The predicted octanol–water partition coefficient (Wildman–Crippen LogP) is 2.43. The Balaban J connectivity index is 2.12.